The van der Waals surface area contributed by atoms with Gasteiger partial charge in [0.1, 0.15) is 0 Å². The molecule has 150 valence electrons. The molecular formula is C19H34ClN3O3. The molecule has 3 aliphatic rings. The van der Waals surface area contributed by atoms with Crippen LogP contribution in [0.4, 0.5) is 0 Å². The van der Waals surface area contributed by atoms with Crippen molar-refractivity contribution in [2.24, 2.45) is 17.1 Å². The fourth-order valence-electron chi connectivity index (χ4n) is 4.53. The van der Waals surface area contributed by atoms with Crippen molar-refractivity contribution >= 4 is 24.2 Å². The fraction of sp³-hybridized carbons (Fsp3) is 0.895. The first-order valence-corrected chi connectivity index (χ1v) is 9.99. The molecule has 2 heterocycles. The number of nitrogens with zero attached hydrogens (tertiary/aromatic N) is 2. The maximum absolute atomic E-state index is 13.0. The van der Waals surface area contributed by atoms with E-state index in [2.05, 4.69) is 0 Å². The zero-order valence-corrected chi connectivity index (χ0v) is 16.6. The van der Waals surface area contributed by atoms with Gasteiger partial charge < -0.3 is 20.3 Å². The maximum Gasteiger partial charge on any atom is 0.230 e. The average Bonchev–Trinajstić information content (AvgIpc) is 2.69. The summed E-state index contributed by atoms with van der Waals surface area (Å²) in [5.41, 5.74) is 5.51. The minimum absolute atomic E-state index is 0. The van der Waals surface area contributed by atoms with Crippen molar-refractivity contribution in [3.05, 3.63) is 0 Å². The van der Waals surface area contributed by atoms with E-state index >= 15 is 0 Å². The molecule has 0 aromatic rings. The van der Waals surface area contributed by atoms with Crippen LogP contribution in [0, 0.1) is 11.3 Å². The second kappa shape index (κ2) is 9.90. The minimum atomic E-state index is -0.452. The van der Waals surface area contributed by atoms with Gasteiger partial charge in [-0.05, 0) is 31.6 Å². The summed E-state index contributed by atoms with van der Waals surface area (Å²) >= 11 is 0. The van der Waals surface area contributed by atoms with Gasteiger partial charge in [0.2, 0.25) is 11.8 Å². The summed E-state index contributed by atoms with van der Waals surface area (Å²) in [5, 5.41) is 0. The van der Waals surface area contributed by atoms with Crippen LogP contribution in [0.3, 0.4) is 0 Å². The number of halogens is 1. The molecule has 1 aliphatic carbocycles. The first-order chi connectivity index (χ1) is 12.1. The Labute approximate surface area is 163 Å². The lowest BCUT2D eigenvalue weighted by atomic mass is 9.78. The Morgan fingerprint density at radius 1 is 0.962 bits per heavy atom. The summed E-state index contributed by atoms with van der Waals surface area (Å²) in [4.78, 5) is 29.4. The topological polar surface area (TPSA) is 75.9 Å². The molecule has 0 radical (unpaired) electrons. The number of nitrogens with two attached hydrogens (primary N) is 1. The Morgan fingerprint density at radius 3 is 2.12 bits per heavy atom. The molecule has 3 fully saturated rings. The van der Waals surface area contributed by atoms with Gasteiger partial charge in [0.25, 0.3) is 0 Å². The second-order valence-corrected chi connectivity index (χ2v) is 7.98. The summed E-state index contributed by atoms with van der Waals surface area (Å²) in [5.74, 6) is 1.01. The lowest BCUT2D eigenvalue weighted by Crippen LogP contribution is -2.57. The highest BCUT2D eigenvalue weighted by atomic mass is 35.5. The van der Waals surface area contributed by atoms with E-state index in [0.717, 1.165) is 0 Å². The van der Waals surface area contributed by atoms with Gasteiger partial charge in [0.15, 0.2) is 0 Å². The van der Waals surface area contributed by atoms with Crippen molar-refractivity contribution < 1.29 is 14.3 Å². The smallest absolute Gasteiger partial charge is 0.230 e. The van der Waals surface area contributed by atoms with Crippen LogP contribution < -0.4 is 5.73 Å². The van der Waals surface area contributed by atoms with Gasteiger partial charge in [-0.15, -0.1) is 12.4 Å². The molecule has 2 amide bonds. The van der Waals surface area contributed by atoms with Crippen molar-refractivity contribution in [3.63, 3.8) is 0 Å². The fourth-order valence-corrected chi connectivity index (χ4v) is 4.53. The quantitative estimate of drug-likeness (QED) is 0.798. The van der Waals surface area contributed by atoms with Crippen molar-refractivity contribution in [3.8, 4) is 0 Å². The van der Waals surface area contributed by atoms with Gasteiger partial charge in [-0.2, -0.15) is 0 Å². The van der Waals surface area contributed by atoms with Crippen LogP contribution >= 0.6 is 12.4 Å². The Kier molecular flexibility index (Phi) is 8.17. The summed E-state index contributed by atoms with van der Waals surface area (Å²) in [7, 11) is 0. The first kappa shape index (κ1) is 21.5. The Bertz CT molecular complexity index is 469. The van der Waals surface area contributed by atoms with Gasteiger partial charge in [-0.25, -0.2) is 0 Å². The third-order valence-corrected chi connectivity index (χ3v) is 6.40. The van der Waals surface area contributed by atoms with Crippen LogP contribution in [0.1, 0.15) is 51.4 Å². The second-order valence-electron chi connectivity index (χ2n) is 7.98. The maximum atomic E-state index is 13.0. The minimum Gasteiger partial charge on any atom is -0.381 e. The van der Waals surface area contributed by atoms with E-state index in [1.54, 1.807) is 0 Å². The van der Waals surface area contributed by atoms with Crippen molar-refractivity contribution in [1.29, 1.82) is 0 Å². The number of hydrogen-bond donors (Lipinski definition) is 1. The van der Waals surface area contributed by atoms with Crippen LogP contribution in [0.5, 0.6) is 0 Å². The lowest BCUT2D eigenvalue weighted by molar-refractivity contribution is -0.151. The molecule has 1 saturated carbocycles. The van der Waals surface area contributed by atoms with Gasteiger partial charge in [-0.1, -0.05) is 19.3 Å². The molecule has 0 bridgehead atoms. The normalized spacial score (nSPS) is 24.0. The summed E-state index contributed by atoms with van der Waals surface area (Å²) in [6.07, 6.45) is 8.37. The molecular weight excluding hydrogens is 354 g/mol. The lowest BCUT2D eigenvalue weighted by Gasteiger charge is -2.42. The molecule has 0 atom stereocenters. The largest absolute Gasteiger partial charge is 0.381 e. The zero-order chi connectivity index (χ0) is 17.7. The SMILES string of the molecule is Cl.NCC1(C(=O)N2CCN(C(=O)CC3CCCCC3)CC2)CCOCC1. The molecule has 0 spiro atoms. The van der Waals surface area contributed by atoms with E-state index in [9.17, 15) is 9.59 Å². The molecule has 7 heteroatoms. The van der Waals surface area contributed by atoms with E-state index in [4.69, 9.17) is 10.5 Å². The van der Waals surface area contributed by atoms with Crippen molar-refractivity contribution in [2.45, 2.75) is 51.4 Å². The van der Waals surface area contributed by atoms with E-state index in [0.29, 0.717) is 71.1 Å². The monoisotopic (exact) mass is 387 g/mol. The van der Waals surface area contributed by atoms with Crippen molar-refractivity contribution in [1.82, 2.24) is 9.80 Å². The summed E-state index contributed by atoms with van der Waals surface area (Å²) in [6.45, 7) is 4.21. The molecule has 26 heavy (non-hydrogen) atoms. The summed E-state index contributed by atoms with van der Waals surface area (Å²) < 4.78 is 5.41. The molecule has 6 nitrogen and oxygen atoms in total. The summed E-state index contributed by atoms with van der Waals surface area (Å²) in [6, 6.07) is 0. The predicted molar refractivity (Wildman–Crippen MR) is 103 cm³/mol. The van der Waals surface area contributed by atoms with Crippen LogP contribution in [0.25, 0.3) is 0 Å². The number of ether oxygens (including phenoxy) is 1. The van der Waals surface area contributed by atoms with E-state index < -0.39 is 5.41 Å². The van der Waals surface area contributed by atoms with Gasteiger partial charge in [0.05, 0.1) is 5.41 Å². The Hall–Kier alpha value is -0.850. The number of rotatable bonds is 4. The van der Waals surface area contributed by atoms with Crippen LogP contribution in [0.2, 0.25) is 0 Å². The molecule has 0 aromatic carbocycles. The number of hydrogen-bond acceptors (Lipinski definition) is 4. The van der Waals surface area contributed by atoms with E-state index in [1.807, 2.05) is 9.80 Å². The molecule has 2 aliphatic heterocycles. The molecule has 0 aromatic heterocycles. The van der Waals surface area contributed by atoms with Crippen LogP contribution in [0.15, 0.2) is 0 Å². The first-order valence-electron chi connectivity index (χ1n) is 9.99. The zero-order valence-electron chi connectivity index (χ0n) is 15.8. The van der Waals surface area contributed by atoms with Crippen LogP contribution in [-0.2, 0) is 14.3 Å². The van der Waals surface area contributed by atoms with Crippen LogP contribution in [-0.4, -0.2) is 67.6 Å². The molecule has 3 rings (SSSR count). The number of carbonyl (C=O) groups is 2. The predicted octanol–water partition coefficient (Wildman–Crippen LogP) is 1.80. The third-order valence-electron chi connectivity index (χ3n) is 6.40. The average molecular weight is 388 g/mol. The molecule has 2 N–H and O–H groups in total. The van der Waals surface area contributed by atoms with Gasteiger partial charge in [0, 0.05) is 52.4 Å². The Balaban J connectivity index is 0.00000243. The van der Waals surface area contributed by atoms with E-state index in [1.165, 1.54) is 32.1 Å². The van der Waals surface area contributed by atoms with Crippen molar-refractivity contribution in [2.75, 3.05) is 45.9 Å². The van der Waals surface area contributed by atoms with E-state index in [-0.39, 0.29) is 24.2 Å². The Morgan fingerprint density at radius 2 is 1.54 bits per heavy atom. The highest BCUT2D eigenvalue weighted by Gasteiger charge is 2.42. The number of carbonyl (C=O) groups excluding carboxylic acids is 2. The van der Waals surface area contributed by atoms with Gasteiger partial charge >= 0.3 is 0 Å². The third kappa shape index (κ3) is 4.90. The standard InChI is InChI=1S/C19H33N3O3.ClH/c20-15-19(6-12-25-13-7-19)18(24)22-10-8-21(9-11-22)17(23)14-16-4-2-1-3-5-16;/h16H,1-15,20H2;1H. The molecule has 2 saturated heterocycles. The molecule has 0 unspecified atom stereocenters. The number of piperazine rings is 1. The highest BCUT2D eigenvalue weighted by molar-refractivity contribution is 5.85. The number of amides is 2. The highest BCUT2D eigenvalue weighted by Crippen LogP contribution is 2.32. The van der Waals surface area contributed by atoms with Gasteiger partial charge in [-0.3, -0.25) is 9.59 Å².